The number of carbonyl (C=O) groups is 1. The van der Waals surface area contributed by atoms with Crippen LogP contribution in [0.5, 0.6) is 0 Å². The van der Waals surface area contributed by atoms with Gasteiger partial charge in [-0.1, -0.05) is 12.5 Å². The molecule has 7 heteroatoms. The molecule has 0 spiro atoms. The van der Waals surface area contributed by atoms with Crippen molar-refractivity contribution < 1.29 is 13.2 Å². The molecule has 1 amide bonds. The van der Waals surface area contributed by atoms with Gasteiger partial charge in [-0.3, -0.25) is 4.79 Å². The molecule has 2 rings (SSSR count). The molecule has 116 valence electrons. The second-order valence-electron chi connectivity index (χ2n) is 5.07. The summed E-state index contributed by atoms with van der Waals surface area (Å²) in [7, 11) is -1.79. The highest BCUT2D eigenvalue weighted by molar-refractivity contribution is 7.89. The topological polar surface area (TPSA) is 78.5 Å². The van der Waals surface area contributed by atoms with Crippen LogP contribution in [0.1, 0.15) is 19.3 Å². The van der Waals surface area contributed by atoms with Gasteiger partial charge in [0.25, 0.3) is 0 Å². The molecule has 0 bridgehead atoms. The second kappa shape index (κ2) is 7.02. The van der Waals surface area contributed by atoms with E-state index in [1.807, 2.05) is 0 Å². The Morgan fingerprint density at radius 3 is 2.62 bits per heavy atom. The Balaban J connectivity index is 2.17. The SMILES string of the molecule is CNCC(=O)Nc1cccc(S(=O)(=O)N2CCCCC2)c1. The van der Waals surface area contributed by atoms with Crippen molar-refractivity contribution in [2.75, 3.05) is 32.0 Å². The molecule has 0 saturated carbocycles. The van der Waals surface area contributed by atoms with E-state index in [9.17, 15) is 13.2 Å². The third kappa shape index (κ3) is 4.03. The highest BCUT2D eigenvalue weighted by atomic mass is 32.2. The van der Waals surface area contributed by atoms with Crippen LogP contribution in [0.2, 0.25) is 0 Å². The van der Waals surface area contributed by atoms with Gasteiger partial charge in [0, 0.05) is 18.8 Å². The summed E-state index contributed by atoms with van der Waals surface area (Å²) in [5.41, 5.74) is 0.494. The standard InChI is InChI=1S/C14H21N3O3S/c1-15-11-14(18)16-12-6-5-7-13(10-12)21(19,20)17-8-3-2-4-9-17/h5-7,10,15H,2-4,8-9,11H2,1H3,(H,16,18). The van der Waals surface area contributed by atoms with Crippen LogP contribution in [0.3, 0.4) is 0 Å². The van der Waals surface area contributed by atoms with Crippen LogP contribution in [0, 0.1) is 0 Å². The minimum absolute atomic E-state index is 0.184. The predicted octanol–water partition coefficient (Wildman–Crippen LogP) is 1.02. The van der Waals surface area contributed by atoms with Crippen LogP contribution in [0.15, 0.2) is 29.2 Å². The summed E-state index contributed by atoms with van der Waals surface area (Å²) in [6.07, 6.45) is 2.88. The number of hydrogen-bond acceptors (Lipinski definition) is 4. The van der Waals surface area contributed by atoms with E-state index in [0.717, 1.165) is 19.3 Å². The number of carbonyl (C=O) groups excluding carboxylic acids is 1. The lowest BCUT2D eigenvalue weighted by atomic mass is 10.2. The zero-order valence-corrected chi connectivity index (χ0v) is 12.9. The first-order valence-corrected chi connectivity index (χ1v) is 8.53. The Hall–Kier alpha value is -1.44. The van der Waals surface area contributed by atoms with Gasteiger partial charge in [-0.15, -0.1) is 0 Å². The average molecular weight is 311 g/mol. The monoisotopic (exact) mass is 311 g/mol. The molecular formula is C14H21N3O3S. The van der Waals surface area contributed by atoms with Gasteiger partial charge in [-0.2, -0.15) is 4.31 Å². The first-order valence-electron chi connectivity index (χ1n) is 7.09. The average Bonchev–Trinajstić information content (AvgIpc) is 2.48. The molecule has 0 atom stereocenters. The quantitative estimate of drug-likeness (QED) is 0.851. The van der Waals surface area contributed by atoms with Crippen molar-refractivity contribution in [3.63, 3.8) is 0 Å². The molecule has 2 N–H and O–H groups in total. The van der Waals surface area contributed by atoms with E-state index in [2.05, 4.69) is 10.6 Å². The van der Waals surface area contributed by atoms with Gasteiger partial charge >= 0.3 is 0 Å². The lowest BCUT2D eigenvalue weighted by Crippen LogP contribution is -2.35. The molecule has 0 aromatic heterocycles. The predicted molar refractivity (Wildman–Crippen MR) is 81.6 cm³/mol. The normalized spacial score (nSPS) is 16.6. The number of sulfonamides is 1. The number of nitrogens with one attached hydrogen (secondary N) is 2. The Bertz CT molecular complexity index is 595. The lowest BCUT2D eigenvalue weighted by molar-refractivity contribution is -0.115. The highest BCUT2D eigenvalue weighted by Crippen LogP contribution is 2.22. The van der Waals surface area contributed by atoms with E-state index < -0.39 is 10.0 Å². The summed E-state index contributed by atoms with van der Waals surface area (Å²) in [5.74, 6) is -0.204. The van der Waals surface area contributed by atoms with Gasteiger partial charge < -0.3 is 10.6 Å². The summed E-state index contributed by atoms with van der Waals surface area (Å²) < 4.78 is 26.6. The van der Waals surface area contributed by atoms with Crippen molar-refractivity contribution in [2.24, 2.45) is 0 Å². The molecule has 21 heavy (non-hydrogen) atoms. The fourth-order valence-electron chi connectivity index (χ4n) is 2.35. The van der Waals surface area contributed by atoms with Crippen molar-refractivity contribution in [1.29, 1.82) is 0 Å². The van der Waals surface area contributed by atoms with E-state index in [4.69, 9.17) is 0 Å². The molecule has 1 aliphatic heterocycles. The first-order chi connectivity index (χ1) is 10.0. The van der Waals surface area contributed by atoms with E-state index in [1.165, 1.54) is 10.4 Å². The minimum Gasteiger partial charge on any atom is -0.325 e. The van der Waals surface area contributed by atoms with Crippen LogP contribution in [-0.4, -0.2) is 45.3 Å². The van der Waals surface area contributed by atoms with Crippen LogP contribution in [0.4, 0.5) is 5.69 Å². The molecule has 1 aliphatic rings. The highest BCUT2D eigenvalue weighted by Gasteiger charge is 2.26. The van der Waals surface area contributed by atoms with Crippen LogP contribution in [0.25, 0.3) is 0 Å². The van der Waals surface area contributed by atoms with Crippen LogP contribution >= 0.6 is 0 Å². The zero-order chi connectivity index (χ0) is 15.3. The van der Waals surface area contributed by atoms with Crippen molar-refractivity contribution in [2.45, 2.75) is 24.2 Å². The number of nitrogens with zero attached hydrogens (tertiary/aromatic N) is 1. The number of amides is 1. The van der Waals surface area contributed by atoms with Gasteiger partial charge in [0.2, 0.25) is 15.9 Å². The van der Waals surface area contributed by atoms with Crippen molar-refractivity contribution in [1.82, 2.24) is 9.62 Å². The van der Waals surface area contributed by atoms with Crippen LogP contribution in [-0.2, 0) is 14.8 Å². The molecule has 0 radical (unpaired) electrons. The molecule has 1 fully saturated rings. The van der Waals surface area contributed by atoms with E-state index >= 15 is 0 Å². The van der Waals surface area contributed by atoms with Gasteiger partial charge in [0.15, 0.2) is 0 Å². The molecule has 0 unspecified atom stereocenters. The summed E-state index contributed by atoms with van der Waals surface area (Å²) in [6.45, 7) is 1.32. The number of rotatable bonds is 5. The Morgan fingerprint density at radius 1 is 1.24 bits per heavy atom. The number of hydrogen-bond donors (Lipinski definition) is 2. The summed E-state index contributed by atoms with van der Waals surface area (Å²) in [4.78, 5) is 11.8. The number of likely N-dealkylation sites (N-methyl/N-ethyl adjacent to an activating group) is 1. The Kier molecular flexibility index (Phi) is 5.33. The van der Waals surface area contributed by atoms with Gasteiger partial charge in [0.05, 0.1) is 11.4 Å². The maximum Gasteiger partial charge on any atom is 0.243 e. The van der Waals surface area contributed by atoms with Crippen molar-refractivity contribution >= 4 is 21.6 Å². The van der Waals surface area contributed by atoms with E-state index in [-0.39, 0.29) is 17.3 Å². The summed E-state index contributed by atoms with van der Waals surface area (Å²) in [6, 6.07) is 6.41. The third-order valence-electron chi connectivity index (χ3n) is 3.41. The zero-order valence-electron chi connectivity index (χ0n) is 12.1. The fourth-order valence-corrected chi connectivity index (χ4v) is 3.92. The molecule has 1 aromatic carbocycles. The van der Waals surface area contributed by atoms with Crippen molar-refractivity contribution in [3.8, 4) is 0 Å². The molecule has 1 aromatic rings. The Morgan fingerprint density at radius 2 is 1.95 bits per heavy atom. The smallest absolute Gasteiger partial charge is 0.243 e. The molecule has 0 aliphatic carbocycles. The second-order valence-corrected chi connectivity index (χ2v) is 7.01. The number of piperidine rings is 1. The molecular weight excluding hydrogens is 290 g/mol. The van der Waals surface area contributed by atoms with E-state index in [1.54, 1.807) is 25.2 Å². The van der Waals surface area contributed by atoms with Crippen molar-refractivity contribution in [3.05, 3.63) is 24.3 Å². The molecule has 6 nitrogen and oxygen atoms in total. The maximum absolute atomic E-state index is 12.6. The van der Waals surface area contributed by atoms with E-state index in [0.29, 0.717) is 18.8 Å². The summed E-state index contributed by atoms with van der Waals surface area (Å²) >= 11 is 0. The fraction of sp³-hybridized carbons (Fsp3) is 0.500. The van der Waals surface area contributed by atoms with Crippen LogP contribution < -0.4 is 10.6 Å². The first kappa shape index (κ1) is 15.9. The largest absolute Gasteiger partial charge is 0.325 e. The van der Waals surface area contributed by atoms with Gasteiger partial charge in [-0.25, -0.2) is 8.42 Å². The lowest BCUT2D eigenvalue weighted by Gasteiger charge is -2.26. The third-order valence-corrected chi connectivity index (χ3v) is 5.30. The Labute approximate surface area is 125 Å². The van der Waals surface area contributed by atoms with Gasteiger partial charge in [-0.05, 0) is 38.1 Å². The summed E-state index contributed by atoms with van der Waals surface area (Å²) in [5, 5.41) is 5.42. The number of benzene rings is 1. The molecule has 1 saturated heterocycles. The van der Waals surface area contributed by atoms with Gasteiger partial charge in [0.1, 0.15) is 0 Å². The minimum atomic E-state index is -3.47. The maximum atomic E-state index is 12.6. The number of anilines is 1. The molecule has 1 heterocycles.